The van der Waals surface area contributed by atoms with Crippen molar-refractivity contribution in [2.24, 2.45) is 0 Å². The molecule has 0 radical (unpaired) electrons. The third-order valence-corrected chi connectivity index (χ3v) is 2.49. The lowest BCUT2D eigenvalue weighted by Gasteiger charge is -2.06. The molecule has 0 spiro atoms. The number of hydrogen-bond donors (Lipinski definition) is 2. The zero-order chi connectivity index (χ0) is 13.5. The highest BCUT2D eigenvalue weighted by Gasteiger charge is 2.07. The van der Waals surface area contributed by atoms with Crippen LogP contribution in [0.1, 0.15) is 10.4 Å². The molecular weight excluding hydrogens is 320 g/mol. The molecule has 2 amide bonds. The van der Waals surface area contributed by atoms with Crippen LogP contribution < -0.4 is 10.6 Å². The molecular formula is C12H12BrClN2O2. The van der Waals surface area contributed by atoms with Gasteiger partial charge in [0.05, 0.1) is 6.54 Å². The molecule has 4 nitrogen and oxygen atoms in total. The zero-order valence-corrected chi connectivity index (χ0v) is 11.8. The Bertz CT molecular complexity index is 477. The van der Waals surface area contributed by atoms with Crippen LogP contribution in [0.2, 0.25) is 5.02 Å². The van der Waals surface area contributed by atoms with Gasteiger partial charge in [0, 0.05) is 21.6 Å². The van der Waals surface area contributed by atoms with Crippen LogP contribution in [0.5, 0.6) is 0 Å². The molecule has 2 N–H and O–H groups in total. The lowest BCUT2D eigenvalue weighted by Crippen LogP contribution is -2.37. The Morgan fingerprint density at radius 2 is 2.00 bits per heavy atom. The zero-order valence-electron chi connectivity index (χ0n) is 9.50. The highest BCUT2D eigenvalue weighted by atomic mass is 79.9. The highest BCUT2D eigenvalue weighted by Crippen LogP contribution is 2.10. The van der Waals surface area contributed by atoms with Gasteiger partial charge >= 0.3 is 0 Å². The topological polar surface area (TPSA) is 58.2 Å². The summed E-state index contributed by atoms with van der Waals surface area (Å²) in [5, 5.41) is 5.54. The standard InChI is InChI=1S/C12H12BrClN2O2/c1-8(13)6-15-11(17)7-16-12(18)9-3-2-4-10(14)5-9/h2-5H,1,6-7H2,(H,15,17)(H,16,18). The van der Waals surface area contributed by atoms with E-state index < -0.39 is 0 Å². The molecule has 0 bridgehead atoms. The number of carbonyl (C=O) groups is 2. The van der Waals surface area contributed by atoms with Gasteiger partial charge in [0.15, 0.2) is 0 Å². The van der Waals surface area contributed by atoms with Gasteiger partial charge in [-0.05, 0) is 18.2 Å². The van der Waals surface area contributed by atoms with Crippen molar-refractivity contribution in [2.75, 3.05) is 13.1 Å². The molecule has 0 unspecified atom stereocenters. The average Bonchev–Trinajstić information content (AvgIpc) is 2.33. The van der Waals surface area contributed by atoms with E-state index in [0.717, 1.165) is 0 Å². The minimum atomic E-state index is -0.342. The van der Waals surface area contributed by atoms with Gasteiger partial charge < -0.3 is 10.6 Å². The molecule has 0 aliphatic rings. The van der Waals surface area contributed by atoms with Crippen LogP contribution in [0.15, 0.2) is 35.3 Å². The summed E-state index contributed by atoms with van der Waals surface area (Å²) in [5.74, 6) is -0.628. The minimum absolute atomic E-state index is 0.0916. The van der Waals surface area contributed by atoms with E-state index in [1.807, 2.05) is 0 Å². The van der Waals surface area contributed by atoms with Crippen molar-refractivity contribution in [3.63, 3.8) is 0 Å². The summed E-state index contributed by atoms with van der Waals surface area (Å²) in [5.41, 5.74) is 0.417. The summed E-state index contributed by atoms with van der Waals surface area (Å²) in [6.07, 6.45) is 0. The Morgan fingerprint density at radius 1 is 1.28 bits per heavy atom. The molecule has 0 aliphatic carbocycles. The molecule has 0 atom stereocenters. The van der Waals surface area contributed by atoms with Crippen molar-refractivity contribution in [3.05, 3.63) is 45.9 Å². The summed E-state index contributed by atoms with van der Waals surface area (Å²) < 4.78 is 0.664. The fraction of sp³-hybridized carbons (Fsp3) is 0.167. The molecule has 0 fully saturated rings. The van der Waals surface area contributed by atoms with Gasteiger partial charge in [0.25, 0.3) is 5.91 Å². The third-order valence-electron chi connectivity index (χ3n) is 1.97. The first-order chi connectivity index (χ1) is 8.49. The monoisotopic (exact) mass is 330 g/mol. The van der Waals surface area contributed by atoms with Crippen molar-refractivity contribution in [2.45, 2.75) is 0 Å². The maximum absolute atomic E-state index is 11.7. The number of halogens is 2. The van der Waals surface area contributed by atoms with Gasteiger partial charge in [-0.1, -0.05) is 40.2 Å². The summed E-state index contributed by atoms with van der Waals surface area (Å²) in [6.45, 7) is 3.81. The summed E-state index contributed by atoms with van der Waals surface area (Å²) in [4.78, 5) is 23.0. The van der Waals surface area contributed by atoms with Gasteiger partial charge in [-0.3, -0.25) is 9.59 Å². The largest absolute Gasteiger partial charge is 0.350 e. The Hall–Kier alpha value is -1.33. The van der Waals surface area contributed by atoms with E-state index in [1.165, 1.54) is 6.07 Å². The molecule has 1 rings (SSSR count). The lowest BCUT2D eigenvalue weighted by atomic mass is 10.2. The number of rotatable bonds is 5. The molecule has 0 heterocycles. The van der Waals surface area contributed by atoms with E-state index >= 15 is 0 Å². The van der Waals surface area contributed by atoms with Crippen molar-refractivity contribution in [1.29, 1.82) is 0 Å². The van der Waals surface area contributed by atoms with Crippen molar-refractivity contribution >= 4 is 39.3 Å². The maximum atomic E-state index is 11.7. The fourth-order valence-corrected chi connectivity index (χ4v) is 1.48. The number of nitrogens with one attached hydrogen (secondary N) is 2. The number of amides is 2. The first-order valence-electron chi connectivity index (χ1n) is 5.13. The number of hydrogen-bond acceptors (Lipinski definition) is 2. The van der Waals surface area contributed by atoms with Gasteiger partial charge in [-0.2, -0.15) is 0 Å². The van der Waals surface area contributed by atoms with Crippen molar-refractivity contribution in [1.82, 2.24) is 10.6 Å². The van der Waals surface area contributed by atoms with Crippen molar-refractivity contribution in [3.8, 4) is 0 Å². The van der Waals surface area contributed by atoms with Gasteiger partial charge in [-0.15, -0.1) is 0 Å². The SMILES string of the molecule is C=C(Br)CNC(=O)CNC(=O)c1cccc(Cl)c1. The Morgan fingerprint density at radius 3 is 2.61 bits per heavy atom. The molecule has 96 valence electrons. The first-order valence-corrected chi connectivity index (χ1v) is 6.30. The summed E-state index contributed by atoms with van der Waals surface area (Å²) in [6, 6.07) is 6.51. The molecule has 0 saturated carbocycles. The second-order valence-corrected chi connectivity index (χ2v) is 5.04. The molecule has 1 aromatic rings. The highest BCUT2D eigenvalue weighted by molar-refractivity contribution is 9.11. The quantitative estimate of drug-likeness (QED) is 0.868. The van der Waals surface area contributed by atoms with Crippen LogP contribution >= 0.6 is 27.5 Å². The third kappa shape index (κ3) is 5.33. The second kappa shape index (κ2) is 7.18. The van der Waals surface area contributed by atoms with Crippen LogP contribution in [-0.4, -0.2) is 24.9 Å². The molecule has 0 saturated heterocycles. The molecule has 6 heteroatoms. The van der Waals surface area contributed by atoms with E-state index in [4.69, 9.17) is 11.6 Å². The summed E-state index contributed by atoms with van der Waals surface area (Å²) in [7, 11) is 0. The van der Waals surface area contributed by atoms with E-state index in [9.17, 15) is 9.59 Å². The Balaban J connectivity index is 2.42. The normalized spacial score (nSPS) is 9.67. The smallest absolute Gasteiger partial charge is 0.251 e. The average molecular weight is 332 g/mol. The molecule has 0 aliphatic heterocycles. The number of carbonyl (C=O) groups excluding carboxylic acids is 2. The van der Waals surface area contributed by atoms with Crippen LogP contribution in [-0.2, 0) is 4.79 Å². The van der Waals surface area contributed by atoms with Crippen LogP contribution in [0, 0.1) is 0 Å². The second-order valence-electron chi connectivity index (χ2n) is 3.49. The minimum Gasteiger partial charge on any atom is -0.350 e. The Kier molecular flexibility index (Phi) is 5.88. The fourth-order valence-electron chi connectivity index (χ4n) is 1.15. The Labute approximate surface area is 119 Å². The van der Waals surface area contributed by atoms with E-state index in [2.05, 4.69) is 33.1 Å². The van der Waals surface area contributed by atoms with E-state index in [1.54, 1.807) is 18.2 Å². The maximum Gasteiger partial charge on any atom is 0.251 e. The lowest BCUT2D eigenvalue weighted by molar-refractivity contribution is -0.119. The van der Waals surface area contributed by atoms with Crippen LogP contribution in [0.25, 0.3) is 0 Å². The van der Waals surface area contributed by atoms with Crippen molar-refractivity contribution < 1.29 is 9.59 Å². The van der Waals surface area contributed by atoms with E-state index in [-0.39, 0.29) is 18.4 Å². The molecule has 1 aromatic carbocycles. The molecule has 0 aromatic heterocycles. The predicted octanol–water partition coefficient (Wildman–Crippen LogP) is 2.09. The van der Waals surface area contributed by atoms with E-state index in [0.29, 0.717) is 21.6 Å². The van der Waals surface area contributed by atoms with Crippen LogP contribution in [0.3, 0.4) is 0 Å². The van der Waals surface area contributed by atoms with Crippen LogP contribution in [0.4, 0.5) is 0 Å². The summed E-state index contributed by atoms with van der Waals surface area (Å²) >= 11 is 8.88. The van der Waals surface area contributed by atoms with Gasteiger partial charge in [0.1, 0.15) is 0 Å². The van der Waals surface area contributed by atoms with Gasteiger partial charge in [0.2, 0.25) is 5.91 Å². The van der Waals surface area contributed by atoms with Gasteiger partial charge in [-0.25, -0.2) is 0 Å². The molecule has 18 heavy (non-hydrogen) atoms. The first kappa shape index (κ1) is 14.7. The number of benzene rings is 1. The predicted molar refractivity (Wildman–Crippen MR) is 74.9 cm³/mol.